The lowest BCUT2D eigenvalue weighted by molar-refractivity contribution is -0.120. The number of amides is 1. The van der Waals surface area contributed by atoms with Crippen molar-refractivity contribution in [1.29, 1.82) is 0 Å². The van der Waals surface area contributed by atoms with E-state index in [0.717, 1.165) is 11.8 Å². The Bertz CT molecular complexity index is 582. The Morgan fingerprint density at radius 2 is 1.85 bits per heavy atom. The number of carbonyl (C=O) groups is 1. The molecule has 0 radical (unpaired) electrons. The molecule has 0 aliphatic carbocycles. The fourth-order valence-electron chi connectivity index (χ4n) is 1.52. The fourth-order valence-corrected chi connectivity index (χ4v) is 1.99. The molecule has 112 valence electrons. The Morgan fingerprint density at radius 1 is 1.25 bits per heavy atom. The first-order chi connectivity index (χ1) is 9.29. The molecule has 1 N–H and O–H groups in total. The van der Waals surface area contributed by atoms with Gasteiger partial charge in [-0.3, -0.25) is 4.79 Å². The fraction of sp³-hybridized carbons (Fsp3) is 0.462. The topological polar surface area (TPSA) is 81.7 Å². The summed E-state index contributed by atoms with van der Waals surface area (Å²) in [5.41, 5.74) is 0.789. The molecule has 0 aromatic heterocycles. The zero-order chi connectivity index (χ0) is 15.3. The van der Waals surface area contributed by atoms with Crippen LogP contribution in [-0.2, 0) is 21.2 Å². The van der Waals surface area contributed by atoms with Gasteiger partial charge in [-0.25, -0.2) is 8.42 Å². The first-order valence-electron chi connectivity index (χ1n) is 5.97. The molecule has 7 heteroatoms. The normalized spacial score (nSPS) is 12.6. The Hall–Kier alpha value is -1.76. The molecular weight excluding hydrogens is 282 g/mol. The van der Waals surface area contributed by atoms with Crippen LogP contribution in [0.15, 0.2) is 18.2 Å². The van der Waals surface area contributed by atoms with Crippen molar-refractivity contribution in [3.05, 3.63) is 23.8 Å². The molecule has 6 nitrogen and oxygen atoms in total. The Kier molecular flexibility index (Phi) is 5.38. The summed E-state index contributed by atoms with van der Waals surface area (Å²) in [5, 5.41) is 1.51. The first kappa shape index (κ1) is 16.3. The van der Waals surface area contributed by atoms with E-state index >= 15 is 0 Å². The lowest BCUT2D eigenvalue weighted by Crippen LogP contribution is -2.36. The zero-order valence-corrected chi connectivity index (χ0v) is 12.8. The number of hydrogen-bond acceptors (Lipinski definition) is 5. The largest absolute Gasteiger partial charge is 0.493 e. The van der Waals surface area contributed by atoms with Gasteiger partial charge in [0.1, 0.15) is 5.25 Å². The third kappa shape index (κ3) is 4.12. The van der Waals surface area contributed by atoms with Gasteiger partial charge in [-0.15, -0.1) is 0 Å². The van der Waals surface area contributed by atoms with Crippen LogP contribution in [0.2, 0.25) is 0 Å². The number of rotatable bonds is 6. The molecule has 0 aliphatic heterocycles. The molecule has 1 rings (SSSR count). The maximum absolute atomic E-state index is 11.7. The lowest BCUT2D eigenvalue weighted by atomic mass is 10.2. The van der Waals surface area contributed by atoms with Gasteiger partial charge in [-0.05, 0) is 24.6 Å². The smallest absolute Gasteiger partial charge is 0.238 e. The van der Waals surface area contributed by atoms with E-state index in [-0.39, 0.29) is 6.54 Å². The predicted octanol–water partition coefficient (Wildman–Crippen LogP) is 0.753. The molecule has 0 unspecified atom stereocenters. The van der Waals surface area contributed by atoms with Crippen LogP contribution in [0.1, 0.15) is 12.5 Å². The number of benzene rings is 1. The van der Waals surface area contributed by atoms with Crippen LogP contribution >= 0.6 is 0 Å². The van der Waals surface area contributed by atoms with Gasteiger partial charge in [0.25, 0.3) is 0 Å². The second kappa shape index (κ2) is 6.60. The van der Waals surface area contributed by atoms with E-state index in [1.54, 1.807) is 18.2 Å². The lowest BCUT2D eigenvalue weighted by Gasteiger charge is -2.12. The molecule has 1 aromatic rings. The van der Waals surface area contributed by atoms with Gasteiger partial charge in [-0.1, -0.05) is 6.07 Å². The zero-order valence-electron chi connectivity index (χ0n) is 12.0. The summed E-state index contributed by atoms with van der Waals surface area (Å²) in [4.78, 5) is 11.7. The number of nitrogens with one attached hydrogen (secondary N) is 1. The van der Waals surface area contributed by atoms with Gasteiger partial charge in [0.2, 0.25) is 5.91 Å². The highest BCUT2D eigenvalue weighted by Crippen LogP contribution is 2.27. The van der Waals surface area contributed by atoms with Crippen molar-refractivity contribution in [3.63, 3.8) is 0 Å². The van der Waals surface area contributed by atoms with Gasteiger partial charge in [0, 0.05) is 12.8 Å². The van der Waals surface area contributed by atoms with Crippen molar-refractivity contribution in [2.24, 2.45) is 0 Å². The molecule has 0 fully saturated rings. The van der Waals surface area contributed by atoms with Gasteiger partial charge < -0.3 is 14.8 Å². The van der Waals surface area contributed by atoms with Crippen LogP contribution in [0, 0.1) is 0 Å². The summed E-state index contributed by atoms with van der Waals surface area (Å²) in [6, 6.07) is 5.22. The molecule has 0 saturated heterocycles. The molecule has 0 bridgehead atoms. The molecule has 1 atom stereocenters. The van der Waals surface area contributed by atoms with Crippen LogP contribution in [0.25, 0.3) is 0 Å². The average molecular weight is 301 g/mol. The molecular formula is C13H19NO5S. The Morgan fingerprint density at radius 3 is 2.35 bits per heavy atom. The van der Waals surface area contributed by atoms with Crippen molar-refractivity contribution in [2.75, 3.05) is 20.5 Å². The van der Waals surface area contributed by atoms with Gasteiger partial charge in [-0.2, -0.15) is 0 Å². The number of hydrogen-bond donors (Lipinski definition) is 1. The quantitative estimate of drug-likeness (QED) is 0.838. The van der Waals surface area contributed by atoms with Crippen molar-refractivity contribution >= 4 is 15.7 Å². The summed E-state index contributed by atoms with van der Waals surface area (Å²) in [7, 11) is -0.332. The third-order valence-corrected chi connectivity index (χ3v) is 4.42. The van der Waals surface area contributed by atoms with Crippen molar-refractivity contribution in [1.82, 2.24) is 5.32 Å². The van der Waals surface area contributed by atoms with E-state index in [1.807, 2.05) is 0 Å². The Balaban J connectivity index is 2.73. The SMILES string of the molecule is COc1ccc(CNC(=O)[C@H](C)S(C)(=O)=O)cc1OC. The first-order valence-corrected chi connectivity index (χ1v) is 7.92. The van der Waals surface area contributed by atoms with Crippen LogP contribution in [0.3, 0.4) is 0 Å². The average Bonchev–Trinajstić information content (AvgIpc) is 2.42. The standard InChI is InChI=1S/C13H19NO5S/c1-9(20(4,16)17)13(15)14-8-10-5-6-11(18-2)12(7-10)19-3/h5-7,9H,8H2,1-4H3,(H,14,15)/t9-/m0/s1. The Labute approximate surface area is 119 Å². The van der Waals surface area contributed by atoms with Crippen LogP contribution in [-0.4, -0.2) is 40.1 Å². The van der Waals surface area contributed by atoms with Gasteiger partial charge in [0.05, 0.1) is 14.2 Å². The van der Waals surface area contributed by atoms with E-state index in [4.69, 9.17) is 9.47 Å². The number of ether oxygens (including phenoxy) is 2. The molecule has 20 heavy (non-hydrogen) atoms. The summed E-state index contributed by atoms with van der Waals surface area (Å²) in [5.74, 6) is 0.616. The summed E-state index contributed by atoms with van der Waals surface area (Å²) in [6.07, 6.45) is 1.04. The van der Waals surface area contributed by atoms with Gasteiger partial charge in [0.15, 0.2) is 21.3 Å². The van der Waals surface area contributed by atoms with Crippen LogP contribution < -0.4 is 14.8 Å². The van der Waals surface area contributed by atoms with E-state index in [2.05, 4.69) is 5.32 Å². The van der Waals surface area contributed by atoms with E-state index in [0.29, 0.717) is 11.5 Å². The molecule has 1 amide bonds. The highest BCUT2D eigenvalue weighted by atomic mass is 32.2. The minimum atomic E-state index is -3.39. The maximum atomic E-state index is 11.7. The van der Waals surface area contributed by atoms with Crippen molar-refractivity contribution in [3.8, 4) is 11.5 Å². The van der Waals surface area contributed by atoms with Crippen LogP contribution in [0.4, 0.5) is 0 Å². The highest BCUT2D eigenvalue weighted by molar-refractivity contribution is 7.92. The summed E-state index contributed by atoms with van der Waals surface area (Å²) >= 11 is 0. The minimum absolute atomic E-state index is 0.221. The monoisotopic (exact) mass is 301 g/mol. The van der Waals surface area contributed by atoms with E-state index < -0.39 is 21.0 Å². The van der Waals surface area contributed by atoms with Gasteiger partial charge >= 0.3 is 0 Å². The third-order valence-electron chi connectivity index (χ3n) is 2.93. The predicted molar refractivity (Wildman–Crippen MR) is 75.7 cm³/mol. The second-order valence-electron chi connectivity index (χ2n) is 4.38. The van der Waals surface area contributed by atoms with Crippen molar-refractivity contribution < 1.29 is 22.7 Å². The number of sulfone groups is 1. The number of methoxy groups -OCH3 is 2. The van der Waals surface area contributed by atoms with E-state index in [9.17, 15) is 13.2 Å². The molecule has 1 aromatic carbocycles. The minimum Gasteiger partial charge on any atom is -0.493 e. The molecule has 0 saturated carbocycles. The maximum Gasteiger partial charge on any atom is 0.238 e. The molecule has 0 spiro atoms. The second-order valence-corrected chi connectivity index (χ2v) is 6.75. The molecule has 0 heterocycles. The summed E-state index contributed by atoms with van der Waals surface area (Å²) in [6.45, 7) is 1.58. The number of carbonyl (C=O) groups excluding carboxylic acids is 1. The van der Waals surface area contributed by atoms with Crippen molar-refractivity contribution in [2.45, 2.75) is 18.7 Å². The molecule has 0 aliphatic rings. The summed E-state index contributed by atoms with van der Waals surface area (Å²) < 4.78 is 32.8. The van der Waals surface area contributed by atoms with Crippen LogP contribution in [0.5, 0.6) is 11.5 Å². The highest BCUT2D eigenvalue weighted by Gasteiger charge is 2.23. The van der Waals surface area contributed by atoms with E-state index in [1.165, 1.54) is 21.1 Å².